The largest absolute Gasteiger partial charge is 0.464 e. The van der Waals surface area contributed by atoms with Gasteiger partial charge in [-0.3, -0.25) is 0 Å². The molecule has 3 N–H and O–H groups in total. The molecule has 0 aromatic rings. The van der Waals surface area contributed by atoms with E-state index in [1.165, 1.54) is 11.8 Å². The SMILES string of the molecule is CC(C)COC(=O)[C@@](C)(CSCCN)NC(=O)OC(C)(C)C. The summed E-state index contributed by atoms with van der Waals surface area (Å²) in [5.74, 6) is 0.840. The van der Waals surface area contributed by atoms with Gasteiger partial charge in [-0.1, -0.05) is 13.8 Å². The molecule has 22 heavy (non-hydrogen) atoms. The van der Waals surface area contributed by atoms with Crippen molar-refractivity contribution in [2.75, 3.05) is 24.7 Å². The smallest absolute Gasteiger partial charge is 0.408 e. The van der Waals surface area contributed by atoms with Crippen LogP contribution in [-0.2, 0) is 14.3 Å². The summed E-state index contributed by atoms with van der Waals surface area (Å²) in [6.45, 7) is 11.7. The van der Waals surface area contributed by atoms with Gasteiger partial charge in [-0.15, -0.1) is 0 Å². The first kappa shape index (κ1) is 21.0. The van der Waals surface area contributed by atoms with Crippen molar-refractivity contribution in [2.24, 2.45) is 11.7 Å². The minimum Gasteiger partial charge on any atom is -0.464 e. The molecule has 0 spiro atoms. The molecular formula is C15H30N2O4S. The third kappa shape index (κ3) is 9.15. The van der Waals surface area contributed by atoms with Gasteiger partial charge in [0, 0.05) is 18.1 Å². The number of thioether (sulfide) groups is 1. The van der Waals surface area contributed by atoms with Crippen molar-refractivity contribution in [1.29, 1.82) is 0 Å². The lowest BCUT2D eigenvalue weighted by Crippen LogP contribution is -2.56. The number of esters is 1. The Balaban J connectivity index is 4.84. The van der Waals surface area contributed by atoms with Gasteiger partial charge in [0.1, 0.15) is 11.1 Å². The minimum atomic E-state index is -1.14. The molecule has 0 aliphatic carbocycles. The Kier molecular flexibility index (Phi) is 8.85. The Labute approximate surface area is 137 Å². The Morgan fingerprint density at radius 2 is 1.82 bits per heavy atom. The highest BCUT2D eigenvalue weighted by molar-refractivity contribution is 7.99. The van der Waals surface area contributed by atoms with Gasteiger partial charge >= 0.3 is 12.1 Å². The van der Waals surface area contributed by atoms with E-state index in [0.717, 1.165) is 0 Å². The third-order valence-corrected chi connectivity index (χ3v) is 3.73. The van der Waals surface area contributed by atoms with E-state index in [2.05, 4.69) is 5.32 Å². The number of nitrogens with two attached hydrogens (primary N) is 1. The van der Waals surface area contributed by atoms with E-state index >= 15 is 0 Å². The summed E-state index contributed by atoms with van der Waals surface area (Å²) in [7, 11) is 0. The van der Waals surface area contributed by atoms with Crippen molar-refractivity contribution >= 4 is 23.8 Å². The molecule has 0 bridgehead atoms. The van der Waals surface area contributed by atoms with Gasteiger partial charge in [0.2, 0.25) is 0 Å². The van der Waals surface area contributed by atoms with Crippen LogP contribution in [0.3, 0.4) is 0 Å². The summed E-state index contributed by atoms with van der Waals surface area (Å²) in [5, 5.41) is 2.64. The van der Waals surface area contributed by atoms with Crippen molar-refractivity contribution in [2.45, 2.75) is 52.7 Å². The molecule has 0 fully saturated rings. The molecule has 1 atom stereocenters. The first-order valence-corrected chi connectivity index (χ1v) is 8.62. The van der Waals surface area contributed by atoms with E-state index in [4.69, 9.17) is 15.2 Å². The van der Waals surface area contributed by atoms with E-state index in [1.807, 2.05) is 13.8 Å². The number of carbonyl (C=O) groups is 2. The fraction of sp³-hybridized carbons (Fsp3) is 0.867. The van der Waals surface area contributed by atoms with E-state index in [0.29, 0.717) is 24.7 Å². The van der Waals surface area contributed by atoms with Crippen LogP contribution in [0.15, 0.2) is 0 Å². The topological polar surface area (TPSA) is 90.6 Å². The van der Waals surface area contributed by atoms with Crippen LogP contribution in [-0.4, -0.2) is 47.9 Å². The van der Waals surface area contributed by atoms with Crippen molar-refractivity contribution in [1.82, 2.24) is 5.32 Å². The quantitative estimate of drug-likeness (QED) is 0.522. The number of amides is 1. The molecule has 0 aliphatic rings. The lowest BCUT2D eigenvalue weighted by molar-refractivity contribution is -0.151. The van der Waals surface area contributed by atoms with Crippen molar-refractivity contribution < 1.29 is 19.1 Å². The van der Waals surface area contributed by atoms with Gasteiger partial charge in [-0.05, 0) is 33.6 Å². The summed E-state index contributed by atoms with van der Waals surface area (Å²) in [6, 6.07) is 0. The molecule has 1 amide bonds. The molecule has 0 aromatic carbocycles. The molecule has 6 nitrogen and oxygen atoms in total. The van der Waals surface area contributed by atoms with Crippen LogP contribution in [0.4, 0.5) is 4.79 Å². The molecule has 0 rings (SSSR count). The lowest BCUT2D eigenvalue weighted by atomic mass is 10.1. The molecule has 0 heterocycles. The molecular weight excluding hydrogens is 304 g/mol. The van der Waals surface area contributed by atoms with Crippen LogP contribution < -0.4 is 11.1 Å². The fourth-order valence-corrected chi connectivity index (χ4v) is 2.35. The summed E-state index contributed by atoms with van der Waals surface area (Å²) < 4.78 is 10.5. The van der Waals surface area contributed by atoms with Gasteiger partial charge in [0.15, 0.2) is 0 Å². The minimum absolute atomic E-state index is 0.228. The predicted octanol–water partition coefficient (Wildman–Crippen LogP) is 2.16. The summed E-state index contributed by atoms with van der Waals surface area (Å²) >= 11 is 1.49. The standard InChI is InChI=1S/C15H30N2O4S/c1-11(2)9-20-12(18)15(6,10-22-8-7-16)17-13(19)21-14(3,4)5/h11H,7-10,16H2,1-6H3,(H,17,19)/t15-/m1/s1. The number of rotatable bonds is 8. The maximum Gasteiger partial charge on any atom is 0.408 e. The van der Waals surface area contributed by atoms with Gasteiger partial charge in [0.25, 0.3) is 0 Å². The maximum atomic E-state index is 12.3. The van der Waals surface area contributed by atoms with Gasteiger partial charge in [-0.25, -0.2) is 9.59 Å². The van der Waals surface area contributed by atoms with Crippen molar-refractivity contribution in [3.05, 3.63) is 0 Å². The van der Waals surface area contributed by atoms with Crippen LogP contribution in [0.25, 0.3) is 0 Å². The molecule has 7 heteroatoms. The first-order chi connectivity index (χ1) is 10.00. The Hall–Kier alpha value is -0.950. The number of ether oxygens (including phenoxy) is 2. The highest BCUT2D eigenvalue weighted by Gasteiger charge is 2.38. The van der Waals surface area contributed by atoms with Crippen LogP contribution >= 0.6 is 11.8 Å². The highest BCUT2D eigenvalue weighted by atomic mass is 32.2. The number of hydrogen-bond donors (Lipinski definition) is 2. The first-order valence-electron chi connectivity index (χ1n) is 7.46. The summed E-state index contributed by atoms with van der Waals surface area (Å²) in [5.41, 5.74) is 3.70. The zero-order valence-electron chi connectivity index (χ0n) is 14.5. The molecule has 130 valence electrons. The average Bonchev–Trinajstić information content (AvgIpc) is 2.33. The van der Waals surface area contributed by atoms with Gasteiger partial charge in [-0.2, -0.15) is 11.8 Å². The average molecular weight is 334 g/mol. The van der Waals surface area contributed by atoms with Crippen LogP contribution in [0.1, 0.15) is 41.5 Å². The second-order valence-electron chi connectivity index (χ2n) is 6.79. The second kappa shape index (κ2) is 9.25. The fourth-order valence-electron chi connectivity index (χ4n) is 1.44. The molecule has 0 aliphatic heterocycles. The number of nitrogens with one attached hydrogen (secondary N) is 1. The number of hydrogen-bond acceptors (Lipinski definition) is 6. The molecule has 0 unspecified atom stereocenters. The van der Waals surface area contributed by atoms with E-state index in [9.17, 15) is 9.59 Å². The van der Waals surface area contributed by atoms with E-state index in [-0.39, 0.29) is 5.92 Å². The highest BCUT2D eigenvalue weighted by Crippen LogP contribution is 2.17. The second-order valence-corrected chi connectivity index (χ2v) is 7.90. The number of alkyl carbamates (subject to hydrolysis) is 1. The summed E-state index contributed by atoms with van der Waals surface area (Å²) in [6.07, 6.45) is -0.634. The maximum absolute atomic E-state index is 12.3. The van der Waals surface area contributed by atoms with Crippen molar-refractivity contribution in [3.63, 3.8) is 0 Å². The monoisotopic (exact) mass is 334 g/mol. The molecule has 0 radical (unpaired) electrons. The normalized spacial score (nSPS) is 14.4. The van der Waals surface area contributed by atoms with Crippen LogP contribution in [0.2, 0.25) is 0 Å². The van der Waals surface area contributed by atoms with Crippen LogP contribution in [0, 0.1) is 5.92 Å². The zero-order chi connectivity index (χ0) is 17.4. The lowest BCUT2D eigenvalue weighted by Gasteiger charge is -2.30. The zero-order valence-corrected chi connectivity index (χ0v) is 15.3. The van der Waals surface area contributed by atoms with Crippen molar-refractivity contribution in [3.8, 4) is 0 Å². The Bertz CT molecular complexity index is 369. The predicted molar refractivity (Wildman–Crippen MR) is 90.0 cm³/mol. The Morgan fingerprint density at radius 1 is 1.23 bits per heavy atom. The number of carbonyl (C=O) groups excluding carboxylic acids is 2. The summed E-state index contributed by atoms with van der Waals surface area (Å²) in [4.78, 5) is 24.3. The third-order valence-electron chi connectivity index (χ3n) is 2.43. The molecule has 0 saturated heterocycles. The van der Waals surface area contributed by atoms with Gasteiger partial charge < -0.3 is 20.5 Å². The molecule has 0 saturated carbocycles. The van der Waals surface area contributed by atoms with E-state index < -0.39 is 23.2 Å². The van der Waals surface area contributed by atoms with E-state index in [1.54, 1.807) is 27.7 Å². The molecule has 0 aromatic heterocycles. The Morgan fingerprint density at radius 3 is 2.27 bits per heavy atom. The van der Waals surface area contributed by atoms with Gasteiger partial charge in [0.05, 0.1) is 6.61 Å². The van der Waals surface area contributed by atoms with Crippen LogP contribution in [0.5, 0.6) is 0 Å².